The number of ether oxygens (including phenoxy) is 2. The van der Waals surface area contributed by atoms with Crippen LogP contribution in [-0.4, -0.2) is 39.6 Å². The Morgan fingerprint density at radius 1 is 0.971 bits per heavy atom. The van der Waals surface area contributed by atoms with Crippen molar-refractivity contribution < 1.29 is 18.7 Å². The zero-order chi connectivity index (χ0) is 23.3. The van der Waals surface area contributed by atoms with E-state index in [2.05, 4.69) is 15.5 Å². The lowest BCUT2D eigenvalue weighted by molar-refractivity contribution is -0.115. The van der Waals surface area contributed by atoms with Crippen LogP contribution in [0.1, 0.15) is 6.42 Å². The predicted molar refractivity (Wildman–Crippen MR) is 128 cm³/mol. The van der Waals surface area contributed by atoms with Crippen LogP contribution in [0.25, 0.3) is 17.1 Å². The van der Waals surface area contributed by atoms with E-state index < -0.39 is 0 Å². The molecular weight excluding hydrogens is 455 g/mol. The van der Waals surface area contributed by atoms with E-state index in [0.717, 1.165) is 11.3 Å². The Bertz CT molecular complexity index is 1300. The summed E-state index contributed by atoms with van der Waals surface area (Å²) in [7, 11) is 0. The van der Waals surface area contributed by atoms with Crippen molar-refractivity contribution in [2.45, 2.75) is 11.6 Å². The molecule has 34 heavy (non-hydrogen) atoms. The highest BCUT2D eigenvalue weighted by atomic mass is 32.2. The van der Waals surface area contributed by atoms with Crippen LogP contribution < -0.4 is 14.8 Å². The number of anilines is 1. The van der Waals surface area contributed by atoms with E-state index in [4.69, 9.17) is 9.47 Å². The van der Waals surface area contributed by atoms with Crippen molar-refractivity contribution in [3.63, 3.8) is 0 Å². The van der Waals surface area contributed by atoms with Gasteiger partial charge < -0.3 is 14.8 Å². The summed E-state index contributed by atoms with van der Waals surface area (Å²) in [4.78, 5) is 12.5. The Balaban J connectivity index is 1.28. The SMILES string of the molecule is O=C(CCSc1nnc(-c2ccc(F)cc2)n1-c1ccccc1)Nc1ccc2c(c1)OCCO2. The number of halogens is 1. The number of amides is 1. The molecule has 172 valence electrons. The standard InChI is InChI=1S/C25H21FN4O3S/c26-18-8-6-17(7-9-18)24-28-29-25(30(24)20-4-2-1-3-5-20)34-15-12-23(31)27-19-10-11-21-22(16-19)33-14-13-32-21/h1-11,16H,12-15H2,(H,27,31). The lowest BCUT2D eigenvalue weighted by Gasteiger charge is -2.19. The quantitative estimate of drug-likeness (QED) is 0.380. The van der Waals surface area contributed by atoms with E-state index >= 15 is 0 Å². The number of benzene rings is 3. The minimum Gasteiger partial charge on any atom is -0.486 e. The first-order chi connectivity index (χ1) is 16.7. The molecule has 0 aliphatic carbocycles. The largest absolute Gasteiger partial charge is 0.486 e. The summed E-state index contributed by atoms with van der Waals surface area (Å²) in [6, 6.07) is 21.2. The number of hydrogen-bond donors (Lipinski definition) is 1. The molecule has 4 aromatic rings. The van der Waals surface area contributed by atoms with Crippen molar-refractivity contribution in [3.05, 3.63) is 78.6 Å². The van der Waals surface area contributed by atoms with Crippen LogP contribution in [0.3, 0.4) is 0 Å². The summed E-state index contributed by atoms with van der Waals surface area (Å²) in [6.07, 6.45) is 0.284. The van der Waals surface area contributed by atoms with Crippen molar-refractivity contribution in [1.29, 1.82) is 0 Å². The fourth-order valence-electron chi connectivity index (χ4n) is 3.54. The molecule has 0 fully saturated rings. The molecule has 0 unspecified atom stereocenters. The van der Waals surface area contributed by atoms with Gasteiger partial charge >= 0.3 is 0 Å². The Morgan fingerprint density at radius 2 is 1.74 bits per heavy atom. The van der Waals surface area contributed by atoms with E-state index in [1.807, 2.05) is 34.9 Å². The van der Waals surface area contributed by atoms with Crippen LogP contribution in [0.4, 0.5) is 10.1 Å². The number of para-hydroxylation sites is 1. The van der Waals surface area contributed by atoms with Gasteiger partial charge in [-0.15, -0.1) is 10.2 Å². The Kier molecular flexibility index (Phi) is 6.44. The topological polar surface area (TPSA) is 78.3 Å². The highest BCUT2D eigenvalue weighted by Gasteiger charge is 2.17. The van der Waals surface area contributed by atoms with Crippen LogP contribution in [0, 0.1) is 5.82 Å². The zero-order valence-corrected chi connectivity index (χ0v) is 18.9. The van der Waals surface area contributed by atoms with Gasteiger partial charge in [0.15, 0.2) is 22.5 Å². The summed E-state index contributed by atoms with van der Waals surface area (Å²) < 4.78 is 26.4. The van der Waals surface area contributed by atoms with Gasteiger partial charge in [0.2, 0.25) is 5.91 Å². The van der Waals surface area contributed by atoms with Crippen LogP contribution in [0.2, 0.25) is 0 Å². The highest BCUT2D eigenvalue weighted by molar-refractivity contribution is 7.99. The number of hydrogen-bond acceptors (Lipinski definition) is 6. The smallest absolute Gasteiger partial charge is 0.225 e. The number of fused-ring (bicyclic) bond motifs is 1. The molecule has 0 bridgehead atoms. The molecule has 0 saturated carbocycles. The third-order valence-corrected chi connectivity index (χ3v) is 6.07. The fraction of sp³-hybridized carbons (Fsp3) is 0.160. The summed E-state index contributed by atoms with van der Waals surface area (Å²) in [5, 5.41) is 12.2. The third kappa shape index (κ3) is 4.89. The van der Waals surface area contributed by atoms with E-state index in [1.165, 1.54) is 23.9 Å². The number of carbonyl (C=O) groups is 1. The van der Waals surface area contributed by atoms with Crippen molar-refractivity contribution >= 4 is 23.4 Å². The van der Waals surface area contributed by atoms with Crippen molar-refractivity contribution in [2.75, 3.05) is 24.3 Å². The van der Waals surface area contributed by atoms with Gasteiger partial charge in [0, 0.05) is 35.2 Å². The first-order valence-electron chi connectivity index (χ1n) is 10.8. The molecule has 0 saturated heterocycles. The normalized spacial score (nSPS) is 12.4. The number of rotatable bonds is 7. The second-order valence-corrected chi connectivity index (χ2v) is 8.55. The molecule has 1 aliphatic rings. The maximum absolute atomic E-state index is 13.4. The summed E-state index contributed by atoms with van der Waals surface area (Å²) in [5.41, 5.74) is 2.29. The van der Waals surface area contributed by atoms with Gasteiger partial charge in [-0.1, -0.05) is 30.0 Å². The molecule has 9 heteroatoms. The zero-order valence-electron chi connectivity index (χ0n) is 18.1. The molecule has 3 aromatic carbocycles. The number of nitrogens with one attached hydrogen (secondary N) is 1. The average molecular weight is 477 g/mol. The number of carbonyl (C=O) groups excluding carboxylic acids is 1. The Hall–Kier alpha value is -3.85. The van der Waals surface area contributed by atoms with Crippen molar-refractivity contribution in [2.24, 2.45) is 0 Å². The molecule has 0 atom stereocenters. The molecule has 1 N–H and O–H groups in total. The van der Waals surface area contributed by atoms with Crippen molar-refractivity contribution in [3.8, 4) is 28.6 Å². The van der Waals surface area contributed by atoms with Gasteiger partial charge in [0.25, 0.3) is 0 Å². The fourth-order valence-corrected chi connectivity index (χ4v) is 4.43. The maximum atomic E-state index is 13.4. The van der Waals surface area contributed by atoms with Crippen molar-refractivity contribution in [1.82, 2.24) is 14.8 Å². The molecule has 1 aromatic heterocycles. The number of thioether (sulfide) groups is 1. The average Bonchev–Trinajstić information content (AvgIpc) is 3.29. The van der Waals surface area contributed by atoms with Crippen LogP contribution in [0.5, 0.6) is 11.5 Å². The van der Waals surface area contributed by atoms with E-state index in [-0.39, 0.29) is 18.1 Å². The highest BCUT2D eigenvalue weighted by Crippen LogP contribution is 2.33. The summed E-state index contributed by atoms with van der Waals surface area (Å²) >= 11 is 1.43. The minimum atomic E-state index is -0.312. The molecule has 1 aliphatic heterocycles. The number of nitrogens with zero attached hydrogens (tertiary/aromatic N) is 3. The first-order valence-corrected chi connectivity index (χ1v) is 11.7. The Labute approximate surface area is 199 Å². The van der Waals surface area contributed by atoms with Gasteiger partial charge in [-0.3, -0.25) is 9.36 Å². The van der Waals surface area contributed by atoms with Crippen LogP contribution >= 0.6 is 11.8 Å². The molecule has 0 radical (unpaired) electrons. The summed E-state index contributed by atoms with van der Waals surface area (Å²) in [5.74, 6) is 1.99. The Morgan fingerprint density at radius 3 is 2.53 bits per heavy atom. The molecule has 2 heterocycles. The van der Waals surface area contributed by atoms with Crippen LogP contribution in [-0.2, 0) is 4.79 Å². The second kappa shape index (κ2) is 9.96. The number of aromatic nitrogens is 3. The molecule has 0 spiro atoms. The van der Waals surface area contributed by atoms with Gasteiger partial charge in [0.05, 0.1) is 0 Å². The van der Waals surface area contributed by atoms with Gasteiger partial charge in [-0.2, -0.15) is 0 Å². The minimum absolute atomic E-state index is 0.117. The first kappa shape index (κ1) is 22.0. The lowest BCUT2D eigenvalue weighted by atomic mass is 10.2. The monoisotopic (exact) mass is 476 g/mol. The molecule has 7 nitrogen and oxygen atoms in total. The lowest BCUT2D eigenvalue weighted by Crippen LogP contribution is -2.16. The van der Waals surface area contributed by atoms with Gasteiger partial charge in [-0.25, -0.2) is 4.39 Å². The van der Waals surface area contributed by atoms with E-state index in [9.17, 15) is 9.18 Å². The predicted octanol–water partition coefficient (Wildman–Crippen LogP) is 4.97. The molecule has 1 amide bonds. The van der Waals surface area contributed by atoms with E-state index in [1.54, 1.807) is 30.3 Å². The second-order valence-electron chi connectivity index (χ2n) is 7.49. The molecule has 5 rings (SSSR count). The van der Waals surface area contributed by atoms with E-state index in [0.29, 0.717) is 47.1 Å². The van der Waals surface area contributed by atoms with Gasteiger partial charge in [-0.05, 0) is 48.5 Å². The maximum Gasteiger partial charge on any atom is 0.225 e. The van der Waals surface area contributed by atoms with Gasteiger partial charge in [0.1, 0.15) is 19.0 Å². The van der Waals surface area contributed by atoms with Crippen LogP contribution in [0.15, 0.2) is 78.0 Å². The molecular formula is C25H21FN4O3S. The summed E-state index contributed by atoms with van der Waals surface area (Å²) in [6.45, 7) is 1.01. The third-order valence-electron chi connectivity index (χ3n) is 5.14.